The molecule has 0 aliphatic heterocycles. The second kappa shape index (κ2) is 8.21. The third-order valence-electron chi connectivity index (χ3n) is 6.70. The lowest BCUT2D eigenvalue weighted by Crippen LogP contribution is -2.28. The fraction of sp³-hybridized carbons (Fsp3) is 0.308. The summed E-state index contributed by atoms with van der Waals surface area (Å²) in [6, 6.07) is 10.2. The van der Waals surface area contributed by atoms with Crippen LogP contribution in [-0.4, -0.2) is 24.8 Å². The summed E-state index contributed by atoms with van der Waals surface area (Å²) in [5.74, 6) is 1.38. The minimum absolute atomic E-state index is 0.152. The van der Waals surface area contributed by atoms with Crippen LogP contribution in [0.25, 0.3) is 15.7 Å². The average Bonchev–Trinajstić information content (AvgIpc) is 3.35. The number of aromatic nitrogens is 4. The van der Waals surface area contributed by atoms with Gasteiger partial charge >= 0.3 is 0 Å². The van der Waals surface area contributed by atoms with E-state index in [9.17, 15) is 0 Å². The average molecular weight is 439 g/mol. The van der Waals surface area contributed by atoms with Crippen LogP contribution in [0, 0.1) is 33.3 Å². The largest absolute Gasteiger partial charge is 0.348 e. The van der Waals surface area contributed by atoms with Gasteiger partial charge in [-0.3, -0.25) is 0 Å². The van der Waals surface area contributed by atoms with E-state index >= 15 is 0 Å². The van der Waals surface area contributed by atoms with Crippen molar-refractivity contribution in [3.05, 3.63) is 82.5 Å². The minimum Gasteiger partial charge on any atom is -0.348 e. The van der Waals surface area contributed by atoms with Crippen LogP contribution in [-0.2, 0) is 20.0 Å². The first-order chi connectivity index (χ1) is 16.0. The second-order valence-corrected chi connectivity index (χ2v) is 8.65. The summed E-state index contributed by atoms with van der Waals surface area (Å²) in [4.78, 5) is 18.4. The molecule has 7 nitrogen and oxygen atoms in total. The van der Waals surface area contributed by atoms with E-state index in [1.807, 2.05) is 33.2 Å². The molecule has 1 unspecified atom stereocenters. The molecule has 0 bridgehead atoms. The Bertz CT molecular complexity index is 1440. The molecule has 166 valence electrons. The number of aryl methyl sites for hydroxylation is 4. The molecule has 0 spiro atoms. The highest BCUT2D eigenvalue weighted by molar-refractivity contribution is 6.13. The summed E-state index contributed by atoms with van der Waals surface area (Å²) >= 11 is 0. The fourth-order valence-electron chi connectivity index (χ4n) is 4.72. The quantitative estimate of drug-likeness (QED) is 0.321. The highest BCUT2D eigenvalue weighted by atomic mass is 16.6. The van der Waals surface area contributed by atoms with Crippen molar-refractivity contribution >= 4 is 22.3 Å². The summed E-state index contributed by atoms with van der Waals surface area (Å²) in [7, 11) is 2.11. The molecule has 33 heavy (non-hydrogen) atoms. The molecular weight excluding hydrogens is 412 g/mol. The van der Waals surface area contributed by atoms with Crippen molar-refractivity contribution in [1.29, 1.82) is 0 Å². The Labute approximate surface area is 193 Å². The van der Waals surface area contributed by atoms with Crippen LogP contribution in [0.15, 0.2) is 47.9 Å². The van der Waals surface area contributed by atoms with Gasteiger partial charge in [0.1, 0.15) is 5.82 Å². The smallest absolute Gasteiger partial charge is 0.255 e. The van der Waals surface area contributed by atoms with Crippen LogP contribution in [0.5, 0.6) is 5.88 Å². The van der Waals surface area contributed by atoms with Crippen LogP contribution in [0.4, 0.5) is 5.69 Å². The number of pyridine rings is 1. The van der Waals surface area contributed by atoms with Crippen molar-refractivity contribution in [3.8, 4) is 5.88 Å². The third kappa shape index (κ3) is 3.58. The molecule has 0 amide bonds. The van der Waals surface area contributed by atoms with Gasteiger partial charge in [0.2, 0.25) is 0 Å². The van der Waals surface area contributed by atoms with E-state index < -0.39 is 0 Å². The van der Waals surface area contributed by atoms with Gasteiger partial charge in [-0.2, -0.15) is 0 Å². The first-order valence-corrected chi connectivity index (χ1v) is 11.1. The normalized spacial score (nSPS) is 16.7. The van der Waals surface area contributed by atoms with E-state index in [0.29, 0.717) is 5.69 Å². The first-order valence-electron chi connectivity index (χ1n) is 11.1. The van der Waals surface area contributed by atoms with E-state index in [2.05, 4.69) is 55.3 Å². The van der Waals surface area contributed by atoms with Crippen molar-refractivity contribution in [3.63, 3.8) is 0 Å². The van der Waals surface area contributed by atoms with Gasteiger partial charge in [-0.25, -0.2) is 14.8 Å². The highest BCUT2D eigenvalue weighted by Crippen LogP contribution is 2.36. The first kappa shape index (κ1) is 21.0. The van der Waals surface area contributed by atoms with Crippen molar-refractivity contribution in [2.24, 2.45) is 18.1 Å². The molecule has 1 aliphatic rings. The van der Waals surface area contributed by atoms with Gasteiger partial charge in [0, 0.05) is 59.8 Å². The molecule has 0 radical (unpaired) electrons. The molecule has 0 fully saturated rings. The molecule has 0 N–H and O–H groups in total. The van der Waals surface area contributed by atoms with Crippen LogP contribution >= 0.6 is 0 Å². The van der Waals surface area contributed by atoms with Gasteiger partial charge < -0.3 is 14.0 Å². The molecule has 7 heteroatoms. The van der Waals surface area contributed by atoms with E-state index in [4.69, 9.17) is 16.6 Å². The molecule has 5 rings (SSSR count). The number of fused-ring (bicyclic) bond motifs is 3. The lowest BCUT2D eigenvalue weighted by Gasteiger charge is -2.26. The maximum absolute atomic E-state index is 7.54. The fourth-order valence-corrected chi connectivity index (χ4v) is 4.72. The molecule has 0 saturated heterocycles. The van der Waals surface area contributed by atoms with Gasteiger partial charge in [0.25, 0.3) is 11.6 Å². The number of hydrogen-bond donors (Lipinski definition) is 0. The predicted octanol–water partition coefficient (Wildman–Crippen LogP) is 5.29. The molecule has 3 heterocycles. The van der Waals surface area contributed by atoms with Crippen LogP contribution in [0.2, 0.25) is 0 Å². The number of para-hydroxylation sites is 1. The van der Waals surface area contributed by atoms with Gasteiger partial charge in [0.15, 0.2) is 0 Å². The zero-order valence-corrected chi connectivity index (χ0v) is 19.3. The van der Waals surface area contributed by atoms with E-state index in [-0.39, 0.29) is 11.8 Å². The Balaban J connectivity index is 1.64. The number of benzene rings is 1. The van der Waals surface area contributed by atoms with Gasteiger partial charge in [-0.15, -0.1) is 0 Å². The number of rotatable bonds is 4. The monoisotopic (exact) mass is 438 g/mol. The Morgan fingerprint density at radius 1 is 1.24 bits per heavy atom. The van der Waals surface area contributed by atoms with Crippen molar-refractivity contribution < 1.29 is 4.84 Å². The Kier molecular flexibility index (Phi) is 5.21. The molecule has 0 saturated carbocycles. The summed E-state index contributed by atoms with van der Waals surface area (Å²) in [5.41, 5.74) is 6.64. The standard InChI is InChI=1S/C26H26N6O/c1-16-14-21(27-4)26(29-17(16)2)33-30-25-19(15-32-13-12-28-18(32)3)10-11-23-24(25)20-8-6-7-9-22(20)31(23)5/h6-9,12-14,19H,10-11,15H2,1-3,5H3. The van der Waals surface area contributed by atoms with E-state index in [0.717, 1.165) is 47.7 Å². The second-order valence-electron chi connectivity index (χ2n) is 8.65. The number of oxime groups is 1. The van der Waals surface area contributed by atoms with Crippen LogP contribution in [0.1, 0.15) is 34.8 Å². The maximum atomic E-state index is 7.54. The molecule has 1 aliphatic carbocycles. The molecular formula is C26H26N6O. The van der Waals surface area contributed by atoms with Crippen molar-refractivity contribution in [1.82, 2.24) is 19.1 Å². The number of imidazole rings is 1. The minimum atomic E-state index is 0.152. The Morgan fingerprint density at radius 3 is 2.82 bits per heavy atom. The van der Waals surface area contributed by atoms with Crippen molar-refractivity contribution in [2.75, 3.05) is 0 Å². The lowest BCUT2D eigenvalue weighted by molar-refractivity contribution is 0.322. The molecule has 4 aromatic rings. The highest BCUT2D eigenvalue weighted by Gasteiger charge is 2.31. The molecule has 1 aromatic carbocycles. The van der Waals surface area contributed by atoms with Gasteiger partial charge in [-0.05, 0) is 51.3 Å². The summed E-state index contributed by atoms with van der Waals surface area (Å²) in [5, 5.41) is 5.86. The zero-order chi connectivity index (χ0) is 23.1. The van der Waals surface area contributed by atoms with E-state index in [1.165, 1.54) is 16.6 Å². The summed E-state index contributed by atoms with van der Waals surface area (Å²) in [6.45, 7) is 14.2. The van der Waals surface area contributed by atoms with Crippen molar-refractivity contribution in [2.45, 2.75) is 40.2 Å². The van der Waals surface area contributed by atoms with Crippen LogP contribution < -0.4 is 4.84 Å². The lowest BCUT2D eigenvalue weighted by atomic mass is 9.84. The zero-order valence-electron chi connectivity index (χ0n) is 19.3. The summed E-state index contributed by atoms with van der Waals surface area (Å²) in [6.07, 6.45) is 5.75. The topological polar surface area (TPSA) is 61.6 Å². The maximum Gasteiger partial charge on any atom is 0.255 e. The van der Waals surface area contributed by atoms with E-state index in [1.54, 1.807) is 6.07 Å². The Hall–Kier alpha value is -3.92. The third-order valence-corrected chi connectivity index (χ3v) is 6.70. The summed E-state index contributed by atoms with van der Waals surface area (Å²) < 4.78 is 4.42. The molecule has 3 aromatic heterocycles. The van der Waals surface area contributed by atoms with Crippen LogP contribution in [0.3, 0.4) is 0 Å². The van der Waals surface area contributed by atoms with Gasteiger partial charge in [0.05, 0.1) is 12.3 Å². The SMILES string of the molecule is [C-]#[N+]c1cc(C)c(C)nc1ON=C1c2c(n(C)c3ccccc23)CCC1Cn1ccnc1C. The Morgan fingerprint density at radius 2 is 2.06 bits per heavy atom. The number of hydrogen-bond acceptors (Lipinski definition) is 4. The van der Waals surface area contributed by atoms with Gasteiger partial charge in [-0.1, -0.05) is 23.4 Å². The predicted molar refractivity (Wildman–Crippen MR) is 129 cm³/mol. The molecule has 1 atom stereocenters. The number of nitrogens with zero attached hydrogens (tertiary/aromatic N) is 6.